The summed E-state index contributed by atoms with van der Waals surface area (Å²) in [4.78, 5) is 12.3. The molecule has 0 heterocycles. The van der Waals surface area contributed by atoms with E-state index in [-0.39, 0.29) is 18.0 Å². The van der Waals surface area contributed by atoms with Gasteiger partial charge in [0.2, 0.25) is 0 Å². The number of benzene rings is 1. The molecule has 1 amide bonds. The van der Waals surface area contributed by atoms with Crippen LogP contribution in [0.25, 0.3) is 0 Å². The molecule has 0 spiro atoms. The maximum absolute atomic E-state index is 12.3. The largest absolute Gasteiger partial charge is 0.348 e. The molecule has 1 aliphatic carbocycles. The minimum absolute atomic E-state index is 0.00847. The third-order valence-corrected chi connectivity index (χ3v) is 3.87. The molecule has 3 N–H and O–H groups in total. The highest BCUT2D eigenvalue weighted by atomic mass is 16.1. The Morgan fingerprint density at radius 1 is 1.11 bits per heavy atom. The molecule has 0 bridgehead atoms. The number of amides is 1. The molecule has 19 heavy (non-hydrogen) atoms. The van der Waals surface area contributed by atoms with Crippen molar-refractivity contribution in [3.05, 3.63) is 34.9 Å². The normalized spacial score (nSPS) is 23.7. The Morgan fingerprint density at radius 3 is 2.42 bits per heavy atom. The highest BCUT2D eigenvalue weighted by Gasteiger charge is 2.22. The van der Waals surface area contributed by atoms with Gasteiger partial charge >= 0.3 is 0 Å². The van der Waals surface area contributed by atoms with Crippen molar-refractivity contribution in [2.24, 2.45) is 5.73 Å². The van der Waals surface area contributed by atoms with E-state index in [0.29, 0.717) is 0 Å². The Morgan fingerprint density at radius 2 is 1.74 bits per heavy atom. The SMILES string of the molecule is Cc1cc(C)cc(C(=O)NC2CCCCCC2N)c1. The van der Waals surface area contributed by atoms with Crippen LogP contribution in [-0.2, 0) is 0 Å². The topological polar surface area (TPSA) is 55.1 Å². The Balaban J connectivity index is 2.07. The monoisotopic (exact) mass is 260 g/mol. The van der Waals surface area contributed by atoms with Crippen molar-refractivity contribution in [2.45, 2.75) is 58.0 Å². The fourth-order valence-electron chi connectivity index (χ4n) is 2.87. The van der Waals surface area contributed by atoms with Gasteiger partial charge < -0.3 is 11.1 Å². The van der Waals surface area contributed by atoms with Crippen molar-refractivity contribution in [3.63, 3.8) is 0 Å². The summed E-state index contributed by atoms with van der Waals surface area (Å²) in [5.41, 5.74) is 9.14. The van der Waals surface area contributed by atoms with Crippen molar-refractivity contribution in [1.82, 2.24) is 5.32 Å². The van der Waals surface area contributed by atoms with Crippen molar-refractivity contribution < 1.29 is 4.79 Å². The van der Waals surface area contributed by atoms with Crippen LogP contribution < -0.4 is 11.1 Å². The predicted molar refractivity (Wildman–Crippen MR) is 78.2 cm³/mol. The van der Waals surface area contributed by atoms with E-state index in [0.717, 1.165) is 36.0 Å². The zero-order chi connectivity index (χ0) is 13.8. The molecule has 1 fully saturated rings. The molecular weight excluding hydrogens is 236 g/mol. The molecule has 3 heteroatoms. The summed E-state index contributed by atoms with van der Waals surface area (Å²) in [5, 5.41) is 3.12. The number of hydrogen-bond acceptors (Lipinski definition) is 2. The van der Waals surface area contributed by atoms with Crippen LogP contribution in [-0.4, -0.2) is 18.0 Å². The summed E-state index contributed by atoms with van der Waals surface area (Å²) in [6.45, 7) is 4.03. The van der Waals surface area contributed by atoms with E-state index < -0.39 is 0 Å². The van der Waals surface area contributed by atoms with E-state index in [1.54, 1.807) is 0 Å². The smallest absolute Gasteiger partial charge is 0.251 e. The Labute approximate surface area is 115 Å². The average molecular weight is 260 g/mol. The van der Waals surface area contributed by atoms with Gasteiger partial charge in [-0.2, -0.15) is 0 Å². The summed E-state index contributed by atoms with van der Waals surface area (Å²) in [5.74, 6) is 0.00847. The summed E-state index contributed by atoms with van der Waals surface area (Å²) >= 11 is 0. The second kappa shape index (κ2) is 6.20. The molecule has 0 aliphatic heterocycles. The lowest BCUT2D eigenvalue weighted by atomic mass is 10.0. The zero-order valence-corrected chi connectivity index (χ0v) is 11.9. The van der Waals surface area contributed by atoms with Crippen LogP contribution in [0.5, 0.6) is 0 Å². The molecule has 2 unspecified atom stereocenters. The number of carbonyl (C=O) groups excluding carboxylic acids is 1. The lowest BCUT2D eigenvalue weighted by molar-refractivity contribution is 0.0928. The minimum atomic E-state index is 0.00847. The molecule has 104 valence electrons. The van der Waals surface area contributed by atoms with Crippen molar-refractivity contribution in [1.29, 1.82) is 0 Å². The van der Waals surface area contributed by atoms with Gasteiger partial charge in [-0.25, -0.2) is 0 Å². The van der Waals surface area contributed by atoms with Crippen LogP contribution >= 0.6 is 0 Å². The summed E-state index contributed by atoms with van der Waals surface area (Å²) < 4.78 is 0. The van der Waals surface area contributed by atoms with E-state index in [9.17, 15) is 4.79 Å². The minimum Gasteiger partial charge on any atom is -0.348 e. The number of hydrogen-bond donors (Lipinski definition) is 2. The van der Waals surface area contributed by atoms with E-state index in [4.69, 9.17) is 5.73 Å². The quantitative estimate of drug-likeness (QED) is 0.803. The first-order chi connectivity index (χ1) is 9.06. The van der Waals surface area contributed by atoms with Crippen molar-refractivity contribution >= 4 is 5.91 Å². The standard InChI is InChI=1S/C16H24N2O/c1-11-8-12(2)10-13(9-11)16(19)18-15-7-5-3-4-6-14(15)17/h8-10,14-15H,3-7,17H2,1-2H3,(H,18,19). The maximum Gasteiger partial charge on any atom is 0.251 e. The van der Waals surface area contributed by atoms with Crippen molar-refractivity contribution in [3.8, 4) is 0 Å². The lowest BCUT2D eigenvalue weighted by Gasteiger charge is -2.22. The third-order valence-electron chi connectivity index (χ3n) is 3.87. The van der Waals surface area contributed by atoms with Gasteiger partial charge in [-0.05, 0) is 38.8 Å². The highest BCUT2D eigenvalue weighted by molar-refractivity contribution is 5.94. The molecule has 0 aromatic heterocycles. The molecule has 1 aliphatic rings. The molecule has 0 radical (unpaired) electrons. The van der Waals surface area contributed by atoms with Gasteiger partial charge in [0, 0.05) is 17.6 Å². The van der Waals surface area contributed by atoms with Gasteiger partial charge in [-0.1, -0.05) is 36.5 Å². The highest BCUT2D eigenvalue weighted by Crippen LogP contribution is 2.17. The molecule has 2 atom stereocenters. The van der Waals surface area contributed by atoms with Gasteiger partial charge in [0.05, 0.1) is 0 Å². The number of aryl methyl sites for hydroxylation is 2. The van der Waals surface area contributed by atoms with Gasteiger partial charge in [0.1, 0.15) is 0 Å². The molecule has 1 aromatic rings. The molecule has 3 nitrogen and oxygen atoms in total. The van der Waals surface area contributed by atoms with E-state index in [1.165, 1.54) is 12.8 Å². The molecular formula is C16H24N2O. The van der Waals surface area contributed by atoms with Crippen LogP contribution in [0, 0.1) is 13.8 Å². The first kappa shape index (κ1) is 14.1. The van der Waals surface area contributed by atoms with Crippen LogP contribution in [0.15, 0.2) is 18.2 Å². The second-order valence-electron chi connectivity index (χ2n) is 5.76. The summed E-state index contributed by atoms with van der Waals surface area (Å²) in [7, 11) is 0. The second-order valence-corrected chi connectivity index (χ2v) is 5.76. The van der Waals surface area contributed by atoms with Crippen LogP contribution in [0.1, 0.15) is 53.6 Å². The van der Waals surface area contributed by atoms with Gasteiger partial charge in [0.15, 0.2) is 0 Å². The lowest BCUT2D eigenvalue weighted by Crippen LogP contribution is -2.46. The Kier molecular flexibility index (Phi) is 4.59. The van der Waals surface area contributed by atoms with E-state index in [2.05, 4.69) is 11.4 Å². The molecule has 1 aromatic carbocycles. The fraction of sp³-hybridized carbons (Fsp3) is 0.562. The fourth-order valence-corrected chi connectivity index (χ4v) is 2.87. The maximum atomic E-state index is 12.3. The zero-order valence-electron chi connectivity index (χ0n) is 11.9. The summed E-state index contributed by atoms with van der Waals surface area (Å²) in [6, 6.07) is 6.16. The average Bonchev–Trinajstić information content (AvgIpc) is 2.54. The first-order valence-corrected chi connectivity index (χ1v) is 7.21. The Hall–Kier alpha value is -1.35. The van der Waals surface area contributed by atoms with Crippen molar-refractivity contribution in [2.75, 3.05) is 0 Å². The number of nitrogens with one attached hydrogen (secondary N) is 1. The van der Waals surface area contributed by atoms with Crippen LogP contribution in [0.3, 0.4) is 0 Å². The number of nitrogens with two attached hydrogens (primary N) is 1. The first-order valence-electron chi connectivity index (χ1n) is 7.21. The Bertz CT molecular complexity index is 436. The molecule has 2 rings (SSSR count). The molecule has 0 saturated heterocycles. The third kappa shape index (κ3) is 3.80. The number of carbonyl (C=O) groups is 1. The van der Waals surface area contributed by atoms with Crippen LogP contribution in [0.2, 0.25) is 0 Å². The van der Waals surface area contributed by atoms with Gasteiger partial charge in [-0.3, -0.25) is 4.79 Å². The van der Waals surface area contributed by atoms with Gasteiger partial charge in [-0.15, -0.1) is 0 Å². The summed E-state index contributed by atoms with van der Waals surface area (Å²) in [6.07, 6.45) is 5.57. The van der Waals surface area contributed by atoms with E-state index >= 15 is 0 Å². The molecule has 1 saturated carbocycles. The predicted octanol–water partition coefficient (Wildman–Crippen LogP) is 2.69. The number of rotatable bonds is 2. The van der Waals surface area contributed by atoms with E-state index in [1.807, 2.05) is 26.0 Å². The van der Waals surface area contributed by atoms with Crippen LogP contribution in [0.4, 0.5) is 0 Å². The van der Waals surface area contributed by atoms with Gasteiger partial charge in [0.25, 0.3) is 5.91 Å².